The molecule has 108 valence electrons. The first-order chi connectivity index (χ1) is 9.19. The lowest BCUT2D eigenvalue weighted by molar-refractivity contribution is -0.145. The molecule has 3 aliphatic rings. The summed E-state index contributed by atoms with van der Waals surface area (Å²) < 4.78 is 5.17. The fraction of sp³-hybridized carbons (Fsp3) is 0.929. The van der Waals surface area contributed by atoms with Gasteiger partial charge in [0.05, 0.1) is 12.7 Å². The number of carbonyl (C=O) groups is 1. The Kier molecular flexibility index (Phi) is 3.78. The predicted octanol–water partition coefficient (Wildman–Crippen LogP) is 0.0789. The zero-order valence-electron chi connectivity index (χ0n) is 11.6. The molecule has 0 spiro atoms. The summed E-state index contributed by atoms with van der Waals surface area (Å²) in [6.07, 6.45) is 3.49. The first-order valence-corrected chi connectivity index (χ1v) is 7.40. The van der Waals surface area contributed by atoms with Gasteiger partial charge in [-0.2, -0.15) is 0 Å². The average molecular weight is 268 g/mol. The van der Waals surface area contributed by atoms with Gasteiger partial charge in [-0.3, -0.25) is 9.69 Å². The van der Waals surface area contributed by atoms with Crippen LogP contribution in [0.5, 0.6) is 0 Å². The summed E-state index contributed by atoms with van der Waals surface area (Å²) in [4.78, 5) is 16.9. The first-order valence-electron chi connectivity index (χ1n) is 7.40. The highest BCUT2D eigenvalue weighted by Crippen LogP contribution is 2.34. The first kappa shape index (κ1) is 13.3. The van der Waals surface area contributed by atoms with Crippen LogP contribution in [0.3, 0.4) is 0 Å². The van der Waals surface area contributed by atoms with Crippen LogP contribution in [0, 0.1) is 5.92 Å². The summed E-state index contributed by atoms with van der Waals surface area (Å²) in [6, 6.07) is 1.03. The number of carbonyl (C=O) groups excluding carboxylic acids is 1. The smallest absolute Gasteiger partial charge is 0.225 e. The van der Waals surface area contributed by atoms with Crippen molar-refractivity contribution in [3.63, 3.8) is 0 Å². The number of hydrogen-bond acceptors (Lipinski definition) is 4. The second kappa shape index (κ2) is 5.38. The van der Waals surface area contributed by atoms with Crippen LogP contribution >= 0.6 is 0 Å². The van der Waals surface area contributed by atoms with Gasteiger partial charge in [0.25, 0.3) is 0 Å². The molecular weight excluding hydrogens is 244 g/mol. The minimum absolute atomic E-state index is 0.0833. The lowest BCUT2D eigenvalue weighted by Gasteiger charge is -2.43. The fourth-order valence-electron chi connectivity index (χ4n) is 3.78. The molecule has 2 atom stereocenters. The van der Waals surface area contributed by atoms with E-state index in [0.717, 1.165) is 26.2 Å². The Morgan fingerprint density at radius 3 is 2.42 bits per heavy atom. The molecule has 2 saturated heterocycles. The predicted molar refractivity (Wildman–Crippen MR) is 70.7 cm³/mol. The van der Waals surface area contributed by atoms with E-state index >= 15 is 0 Å². The van der Waals surface area contributed by atoms with Gasteiger partial charge in [0.2, 0.25) is 5.91 Å². The van der Waals surface area contributed by atoms with Gasteiger partial charge in [0.1, 0.15) is 0 Å². The molecular formula is C14H24N2O3. The largest absolute Gasteiger partial charge is 0.393 e. The molecule has 2 heterocycles. The van der Waals surface area contributed by atoms with E-state index in [1.165, 1.54) is 12.8 Å². The summed E-state index contributed by atoms with van der Waals surface area (Å²) >= 11 is 0. The molecule has 19 heavy (non-hydrogen) atoms. The Hall–Kier alpha value is -0.650. The van der Waals surface area contributed by atoms with E-state index in [0.29, 0.717) is 24.9 Å². The van der Waals surface area contributed by atoms with Gasteiger partial charge in [-0.1, -0.05) is 0 Å². The molecule has 1 aliphatic carbocycles. The van der Waals surface area contributed by atoms with Gasteiger partial charge >= 0.3 is 0 Å². The third-order valence-corrected chi connectivity index (χ3v) is 4.96. The topological polar surface area (TPSA) is 53.0 Å². The molecule has 1 saturated carbocycles. The van der Waals surface area contributed by atoms with Gasteiger partial charge in [-0.15, -0.1) is 0 Å². The highest BCUT2D eigenvalue weighted by Gasteiger charge is 2.44. The van der Waals surface area contributed by atoms with E-state index in [2.05, 4.69) is 4.90 Å². The van der Waals surface area contributed by atoms with Gasteiger partial charge < -0.3 is 14.7 Å². The highest BCUT2D eigenvalue weighted by atomic mass is 16.5. The van der Waals surface area contributed by atoms with E-state index in [1.54, 1.807) is 7.11 Å². The van der Waals surface area contributed by atoms with Crippen LogP contribution in [0.4, 0.5) is 0 Å². The molecule has 0 radical (unpaired) electrons. The maximum atomic E-state index is 12.3. The molecule has 1 amide bonds. The quantitative estimate of drug-likeness (QED) is 0.784. The Morgan fingerprint density at radius 1 is 1.26 bits per heavy atom. The molecule has 3 rings (SSSR count). The lowest BCUT2D eigenvalue weighted by atomic mass is 9.81. The molecule has 2 bridgehead atoms. The number of methoxy groups -OCH3 is 1. The fourth-order valence-corrected chi connectivity index (χ4v) is 3.78. The third-order valence-electron chi connectivity index (χ3n) is 4.96. The minimum Gasteiger partial charge on any atom is -0.393 e. The van der Waals surface area contributed by atoms with Crippen LogP contribution in [0.2, 0.25) is 0 Å². The molecule has 2 aliphatic heterocycles. The normalized spacial score (nSPS) is 38.3. The monoisotopic (exact) mass is 268 g/mol. The molecule has 0 aromatic heterocycles. The van der Waals surface area contributed by atoms with Gasteiger partial charge in [-0.05, 0) is 25.7 Å². The second-order valence-corrected chi connectivity index (χ2v) is 6.18. The van der Waals surface area contributed by atoms with E-state index < -0.39 is 0 Å². The number of amides is 1. The number of aliphatic hydroxyl groups is 1. The van der Waals surface area contributed by atoms with Crippen molar-refractivity contribution in [3.8, 4) is 0 Å². The number of hydrogen-bond donors (Lipinski definition) is 1. The number of rotatable bonds is 4. The zero-order valence-corrected chi connectivity index (χ0v) is 11.6. The maximum Gasteiger partial charge on any atom is 0.225 e. The van der Waals surface area contributed by atoms with Gasteiger partial charge in [0, 0.05) is 44.7 Å². The van der Waals surface area contributed by atoms with Crippen LogP contribution in [0.25, 0.3) is 0 Å². The Morgan fingerprint density at radius 2 is 1.89 bits per heavy atom. The average Bonchev–Trinajstić information content (AvgIpc) is 2.60. The number of piperazine rings is 1. The summed E-state index contributed by atoms with van der Waals surface area (Å²) in [7, 11) is 1.74. The van der Waals surface area contributed by atoms with Crippen molar-refractivity contribution in [1.82, 2.24) is 9.80 Å². The molecule has 0 aromatic rings. The van der Waals surface area contributed by atoms with Crippen LogP contribution in [0.1, 0.15) is 25.7 Å². The summed E-state index contributed by atoms with van der Waals surface area (Å²) in [6.45, 7) is 3.49. The van der Waals surface area contributed by atoms with E-state index in [9.17, 15) is 9.90 Å². The number of fused-ring (bicyclic) bond motifs is 2. The zero-order chi connectivity index (χ0) is 13.4. The molecule has 0 aromatic carbocycles. The van der Waals surface area contributed by atoms with E-state index in [-0.39, 0.29) is 17.9 Å². The standard InChI is InChI=1S/C14H24N2O3/c1-19-5-4-16-11-2-3-12(16)9-15(8-11)14(18)10-6-13(17)7-10/h10-13,17H,2-9H2,1H3/t10?,11-,12-,13?/m0/s1. The molecule has 0 unspecified atom stereocenters. The van der Waals surface area contributed by atoms with Gasteiger partial charge in [-0.25, -0.2) is 0 Å². The van der Waals surface area contributed by atoms with E-state index in [1.807, 2.05) is 4.90 Å². The SMILES string of the molecule is COCCN1[C@H]2CC[C@H]1CN(C(=O)C1CC(O)C1)C2. The summed E-state index contributed by atoms with van der Waals surface area (Å²) in [5.41, 5.74) is 0. The van der Waals surface area contributed by atoms with Crippen molar-refractivity contribution in [2.24, 2.45) is 5.92 Å². The van der Waals surface area contributed by atoms with Crippen molar-refractivity contribution in [3.05, 3.63) is 0 Å². The number of ether oxygens (including phenoxy) is 1. The van der Waals surface area contributed by atoms with E-state index in [4.69, 9.17) is 4.74 Å². The van der Waals surface area contributed by atoms with Crippen LogP contribution < -0.4 is 0 Å². The Bertz CT molecular complexity index is 330. The van der Waals surface area contributed by atoms with Crippen molar-refractivity contribution >= 4 is 5.91 Å². The molecule has 1 N–H and O–H groups in total. The van der Waals surface area contributed by atoms with Crippen LogP contribution in [0.15, 0.2) is 0 Å². The van der Waals surface area contributed by atoms with Crippen molar-refractivity contribution in [1.29, 1.82) is 0 Å². The minimum atomic E-state index is -0.242. The molecule has 5 heteroatoms. The second-order valence-electron chi connectivity index (χ2n) is 6.18. The molecule has 5 nitrogen and oxygen atoms in total. The van der Waals surface area contributed by atoms with Crippen molar-refractivity contribution in [2.75, 3.05) is 33.4 Å². The lowest BCUT2D eigenvalue weighted by Crippen LogP contribution is -2.58. The third kappa shape index (κ3) is 2.51. The maximum absolute atomic E-state index is 12.3. The summed E-state index contributed by atoms with van der Waals surface area (Å²) in [5.74, 6) is 0.355. The Balaban J connectivity index is 1.56. The van der Waals surface area contributed by atoms with Crippen molar-refractivity contribution in [2.45, 2.75) is 43.9 Å². The Labute approximate surface area is 114 Å². The number of aliphatic hydroxyl groups excluding tert-OH is 1. The molecule has 3 fully saturated rings. The van der Waals surface area contributed by atoms with Crippen LogP contribution in [-0.2, 0) is 9.53 Å². The van der Waals surface area contributed by atoms with Crippen LogP contribution in [-0.4, -0.2) is 72.4 Å². The number of likely N-dealkylation sites (tertiary alicyclic amines) is 1. The highest BCUT2D eigenvalue weighted by molar-refractivity contribution is 5.80. The number of nitrogens with zero attached hydrogens (tertiary/aromatic N) is 2. The van der Waals surface area contributed by atoms with Gasteiger partial charge in [0.15, 0.2) is 0 Å². The summed E-state index contributed by atoms with van der Waals surface area (Å²) in [5, 5.41) is 9.33. The van der Waals surface area contributed by atoms with Crippen molar-refractivity contribution < 1.29 is 14.6 Å².